The van der Waals surface area contributed by atoms with Gasteiger partial charge in [-0.2, -0.15) is 0 Å². The van der Waals surface area contributed by atoms with Crippen LogP contribution in [0.4, 0.5) is 0 Å². The van der Waals surface area contributed by atoms with Crippen LogP contribution in [0.3, 0.4) is 0 Å². The molecule has 14 heavy (non-hydrogen) atoms. The molecule has 0 bridgehead atoms. The van der Waals surface area contributed by atoms with Gasteiger partial charge in [0.2, 0.25) is 0 Å². The maximum absolute atomic E-state index is 10.9. The van der Waals surface area contributed by atoms with Gasteiger partial charge in [0.05, 0.1) is 0 Å². The van der Waals surface area contributed by atoms with Gasteiger partial charge in [-0.25, -0.2) is 0 Å². The fraction of sp³-hybridized carbons (Fsp3) is 0.364. The summed E-state index contributed by atoms with van der Waals surface area (Å²) >= 11 is 0. The molecular formula is C11H16O2Si. The zero-order valence-electron chi connectivity index (χ0n) is 8.91. The molecule has 1 aromatic carbocycles. The maximum Gasteiger partial charge on any atom is 0.289 e. The molecule has 76 valence electrons. The first-order valence-electron chi connectivity index (χ1n) is 4.73. The van der Waals surface area contributed by atoms with Crippen molar-refractivity contribution >= 4 is 14.3 Å². The van der Waals surface area contributed by atoms with Gasteiger partial charge in [-0.1, -0.05) is 30.3 Å². The van der Waals surface area contributed by atoms with E-state index >= 15 is 0 Å². The minimum atomic E-state index is -1.86. The standard InChI is InChI=1S/C11H16O2Si/c1-10(12)13-14(2,3)9-11-7-5-4-6-8-11/h4-8H,9H2,1-3H3. The van der Waals surface area contributed by atoms with Crippen molar-refractivity contribution in [2.75, 3.05) is 0 Å². The first kappa shape index (κ1) is 11.0. The summed E-state index contributed by atoms with van der Waals surface area (Å²) in [6.07, 6.45) is 0. The first-order valence-corrected chi connectivity index (χ1v) is 7.85. The molecule has 1 rings (SSSR count). The van der Waals surface area contributed by atoms with Crippen molar-refractivity contribution in [1.29, 1.82) is 0 Å². The van der Waals surface area contributed by atoms with E-state index in [0.29, 0.717) is 0 Å². The van der Waals surface area contributed by atoms with E-state index in [-0.39, 0.29) is 5.97 Å². The van der Waals surface area contributed by atoms with Crippen LogP contribution in [-0.2, 0) is 15.3 Å². The lowest BCUT2D eigenvalue weighted by Gasteiger charge is -2.21. The molecular weight excluding hydrogens is 192 g/mol. The van der Waals surface area contributed by atoms with Crippen LogP contribution in [0.25, 0.3) is 0 Å². The number of carbonyl (C=O) groups is 1. The van der Waals surface area contributed by atoms with Crippen molar-refractivity contribution in [3.63, 3.8) is 0 Å². The van der Waals surface area contributed by atoms with Gasteiger partial charge < -0.3 is 4.43 Å². The topological polar surface area (TPSA) is 26.3 Å². The molecule has 0 aromatic heterocycles. The Kier molecular flexibility index (Phi) is 3.47. The minimum Gasteiger partial charge on any atom is -0.519 e. The molecule has 1 aromatic rings. The summed E-state index contributed by atoms with van der Waals surface area (Å²) < 4.78 is 5.34. The lowest BCUT2D eigenvalue weighted by atomic mass is 10.2. The molecule has 0 saturated carbocycles. The first-order chi connectivity index (χ1) is 6.49. The van der Waals surface area contributed by atoms with Crippen LogP contribution in [-0.4, -0.2) is 14.3 Å². The van der Waals surface area contributed by atoms with Gasteiger partial charge in [0, 0.05) is 13.0 Å². The second-order valence-corrected chi connectivity index (χ2v) is 8.09. The Morgan fingerprint density at radius 1 is 1.29 bits per heavy atom. The van der Waals surface area contributed by atoms with E-state index in [2.05, 4.69) is 25.2 Å². The summed E-state index contributed by atoms with van der Waals surface area (Å²) in [6.45, 7) is 5.59. The monoisotopic (exact) mass is 208 g/mol. The predicted molar refractivity (Wildman–Crippen MR) is 59.4 cm³/mol. The highest BCUT2D eigenvalue weighted by Crippen LogP contribution is 2.13. The molecule has 0 aliphatic rings. The van der Waals surface area contributed by atoms with Gasteiger partial charge >= 0.3 is 0 Å². The molecule has 3 heteroatoms. The third kappa shape index (κ3) is 3.74. The molecule has 0 radical (unpaired) electrons. The molecule has 0 amide bonds. The normalized spacial score (nSPS) is 11.1. The van der Waals surface area contributed by atoms with Gasteiger partial charge in [-0.05, 0) is 18.7 Å². The number of hydrogen-bond donors (Lipinski definition) is 0. The third-order valence-corrected chi connectivity index (χ3v) is 3.99. The summed E-state index contributed by atoms with van der Waals surface area (Å²) in [5, 5.41) is 0. The highest BCUT2D eigenvalue weighted by Gasteiger charge is 2.25. The highest BCUT2D eigenvalue weighted by atomic mass is 28.4. The number of benzene rings is 1. The smallest absolute Gasteiger partial charge is 0.289 e. The zero-order valence-corrected chi connectivity index (χ0v) is 9.91. The number of hydrogen-bond acceptors (Lipinski definition) is 2. The van der Waals surface area contributed by atoms with Crippen LogP contribution in [0.2, 0.25) is 13.1 Å². The zero-order chi connectivity index (χ0) is 10.6. The SMILES string of the molecule is CC(=O)O[Si](C)(C)Cc1ccccc1. The van der Waals surface area contributed by atoms with Crippen molar-refractivity contribution < 1.29 is 9.22 Å². The molecule has 2 nitrogen and oxygen atoms in total. The van der Waals surface area contributed by atoms with Crippen molar-refractivity contribution in [2.45, 2.75) is 26.1 Å². The van der Waals surface area contributed by atoms with Crippen LogP contribution in [0.1, 0.15) is 12.5 Å². The Morgan fingerprint density at radius 2 is 1.86 bits per heavy atom. The van der Waals surface area contributed by atoms with Crippen molar-refractivity contribution in [3.8, 4) is 0 Å². The van der Waals surface area contributed by atoms with Crippen LogP contribution in [0.15, 0.2) is 30.3 Å². The second-order valence-electron chi connectivity index (χ2n) is 4.02. The second kappa shape index (κ2) is 4.42. The van der Waals surface area contributed by atoms with Crippen LogP contribution in [0, 0.1) is 0 Å². The van der Waals surface area contributed by atoms with Crippen LogP contribution < -0.4 is 0 Å². The van der Waals surface area contributed by atoms with E-state index in [4.69, 9.17) is 4.43 Å². The van der Waals surface area contributed by atoms with Crippen molar-refractivity contribution in [2.24, 2.45) is 0 Å². The summed E-state index contributed by atoms with van der Waals surface area (Å²) in [6, 6.07) is 11.0. The molecule has 0 spiro atoms. The highest BCUT2D eigenvalue weighted by molar-refractivity contribution is 6.72. The Balaban J connectivity index is 2.63. The van der Waals surface area contributed by atoms with Crippen LogP contribution >= 0.6 is 0 Å². The van der Waals surface area contributed by atoms with E-state index in [1.165, 1.54) is 12.5 Å². The van der Waals surface area contributed by atoms with E-state index in [1.54, 1.807) is 0 Å². The molecule has 0 aliphatic carbocycles. The van der Waals surface area contributed by atoms with Gasteiger partial charge in [-0.3, -0.25) is 4.79 Å². The number of rotatable bonds is 3. The van der Waals surface area contributed by atoms with Gasteiger partial charge in [0.15, 0.2) is 0 Å². The van der Waals surface area contributed by atoms with E-state index in [0.717, 1.165) is 6.04 Å². The minimum absolute atomic E-state index is 0.169. The lowest BCUT2D eigenvalue weighted by molar-refractivity contribution is -0.132. The molecule has 0 unspecified atom stereocenters. The van der Waals surface area contributed by atoms with Gasteiger partial charge in [0.1, 0.15) is 0 Å². The third-order valence-electron chi connectivity index (χ3n) is 1.89. The summed E-state index contributed by atoms with van der Waals surface area (Å²) in [4.78, 5) is 10.9. The van der Waals surface area contributed by atoms with Gasteiger partial charge in [-0.15, -0.1) is 0 Å². The molecule has 0 atom stereocenters. The van der Waals surface area contributed by atoms with Crippen molar-refractivity contribution in [3.05, 3.63) is 35.9 Å². The van der Waals surface area contributed by atoms with Gasteiger partial charge in [0.25, 0.3) is 14.3 Å². The fourth-order valence-electron chi connectivity index (χ4n) is 1.51. The van der Waals surface area contributed by atoms with E-state index in [9.17, 15) is 4.79 Å². The molecule has 0 heterocycles. The quantitative estimate of drug-likeness (QED) is 0.714. The number of carbonyl (C=O) groups excluding carboxylic acids is 1. The Labute approximate surface area is 86.0 Å². The summed E-state index contributed by atoms with van der Waals surface area (Å²) in [5.74, 6) is -0.169. The molecule has 0 aliphatic heterocycles. The Bertz CT molecular complexity index is 306. The summed E-state index contributed by atoms with van der Waals surface area (Å²) in [7, 11) is -1.86. The average Bonchev–Trinajstić information content (AvgIpc) is 2.02. The molecule has 0 saturated heterocycles. The Morgan fingerprint density at radius 3 is 2.36 bits per heavy atom. The Hall–Kier alpha value is -1.09. The van der Waals surface area contributed by atoms with Crippen LogP contribution in [0.5, 0.6) is 0 Å². The molecule has 0 N–H and O–H groups in total. The largest absolute Gasteiger partial charge is 0.519 e. The summed E-state index contributed by atoms with van der Waals surface area (Å²) in [5.41, 5.74) is 1.24. The predicted octanol–water partition coefficient (Wildman–Crippen LogP) is 2.54. The fourth-order valence-corrected chi connectivity index (χ4v) is 3.58. The lowest BCUT2D eigenvalue weighted by Crippen LogP contribution is -2.35. The molecule has 0 fully saturated rings. The average molecular weight is 208 g/mol. The van der Waals surface area contributed by atoms with E-state index in [1.807, 2.05) is 18.2 Å². The maximum atomic E-state index is 10.9. The van der Waals surface area contributed by atoms with Crippen molar-refractivity contribution in [1.82, 2.24) is 0 Å². The van der Waals surface area contributed by atoms with E-state index < -0.39 is 8.32 Å².